The van der Waals surface area contributed by atoms with E-state index in [1.807, 2.05) is 0 Å². The normalized spacial score (nSPS) is 18.7. The predicted molar refractivity (Wildman–Crippen MR) is 92.9 cm³/mol. The Morgan fingerprint density at radius 2 is 1.62 bits per heavy atom. The van der Waals surface area contributed by atoms with Gasteiger partial charge in [0.05, 0.1) is 11.1 Å². The molecule has 3 amide bonds. The van der Waals surface area contributed by atoms with Crippen molar-refractivity contribution in [2.24, 2.45) is 0 Å². The van der Waals surface area contributed by atoms with Crippen LogP contribution < -0.4 is 15.4 Å². The Bertz CT molecular complexity index is 908. The first-order valence-electron chi connectivity index (χ1n) is 8.17. The highest BCUT2D eigenvalue weighted by Gasteiger charge is 2.37. The van der Waals surface area contributed by atoms with E-state index in [-0.39, 0.29) is 36.6 Å². The SMILES string of the molecule is CC1Oc2ccc(N)nc2N(CCN2C(=O)c3ccccc3C2=O)C1=O. The quantitative estimate of drug-likeness (QED) is 0.829. The van der Waals surface area contributed by atoms with E-state index in [1.165, 1.54) is 4.90 Å². The molecule has 0 radical (unpaired) electrons. The summed E-state index contributed by atoms with van der Waals surface area (Å²) in [6.07, 6.45) is -0.685. The zero-order valence-corrected chi connectivity index (χ0v) is 14.0. The lowest BCUT2D eigenvalue weighted by atomic mass is 10.1. The van der Waals surface area contributed by atoms with Crippen molar-refractivity contribution in [3.8, 4) is 5.75 Å². The topological polar surface area (TPSA) is 106 Å². The van der Waals surface area contributed by atoms with Crippen LogP contribution in [0.5, 0.6) is 5.75 Å². The van der Waals surface area contributed by atoms with Gasteiger partial charge in [-0.2, -0.15) is 0 Å². The molecule has 2 aliphatic heterocycles. The number of carbonyl (C=O) groups excluding carboxylic acids is 3. The number of anilines is 2. The molecule has 2 aliphatic rings. The lowest BCUT2D eigenvalue weighted by Crippen LogP contribution is -2.48. The molecule has 0 spiro atoms. The predicted octanol–water partition coefficient (Wildman–Crippen LogP) is 1.07. The number of amides is 3. The summed E-state index contributed by atoms with van der Waals surface area (Å²) in [5.41, 5.74) is 6.47. The molecule has 0 fully saturated rings. The summed E-state index contributed by atoms with van der Waals surface area (Å²) in [6.45, 7) is 1.80. The number of hydrogen-bond acceptors (Lipinski definition) is 6. The van der Waals surface area contributed by atoms with Crippen LogP contribution in [0.1, 0.15) is 27.6 Å². The largest absolute Gasteiger partial charge is 0.477 e. The molecule has 3 heterocycles. The van der Waals surface area contributed by atoms with Crippen LogP contribution in [0.4, 0.5) is 11.6 Å². The smallest absolute Gasteiger partial charge is 0.269 e. The molecule has 132 valence electrons. The molecule has 26 heavy (non-hydrogen) atoms. The Balaban J connectivity index is 1.59. The van der Waals surface area contributed by atoms with Gasteiger partial charge >= 0.3 is 0 Å². The molecular weight excluding hydrogens is 336 g/mol. The van der Waals surface area contributed by atoms with E-state index in [0.717, 1.165) is 4.90 Å². The number of fused-ring (bicyclic) bond motifs is 2. The number of ether oxygens (including phenoxy) is 1. The van der Waals surface area contributed by atoms with Crippen molar-refractivity contribution < 1.29 is 19.1 Å². The molecule has 0 saturated carbocycles. The summed E-state index contributed by atoms with van der Waals surface area (Å²) in [5, 5.41) is 0. The minimum Gasteiger partial charge on any atom is -0.477 e. The summed E-state index contributed by atoms with van der Waals surface area (Å²) in [7, 11) is 0. The second-order valence-corrected chi connectivity index (χ2v) is 6.12. The molecule has 1 unspecified atom stereocenters. The second kappa shape index (κ2) is 5.83. The molecular formula is C18H16N4O4. The summed E-state index contributed by atoms with van der Waals surface area (Å²) in [5.74, 6) is -0.0359. The summed E-state index contributed by atoms with van der Waals surface area (Å²) in [6, 6.07) is 9.90. The van der Waals surface area contributed by atoms with Crippen molar-refractivity contribution in [2.45, 2.75) is 13.0 Å². The van der Waals surface area contributed by atoms with Gasteiger partial charge in [0.1, 0.15) is 5.82 Å². The number of nitrogens with two attached hydrogens (primary N) is 1. The van der Waals surface area contributed by atoms with Gasteiger partial charge in [-0.15, -0.1) is 0 Å². The maximum atomic E-state index is 12.5. The highest BCUT2D eigenvalue weighted by molar-refractivity contribution is 6.21. The average molecular weight is 352 g/mol. The summed E-state index contributed by atoms with van der Waals surface area (Å²) < 4.78 is 5.54. The van der Waals surface area contributed by atoms with Gasteiger partial charge in [0.2, 0.25) is 0 Å². The molecule has 0 aliphatic carbocycles. The third kappa shape index (κ3) is 2.38. The Morgan fingerprint density at radius 3 is 2.27 bits per heavy atom. The van der Waals surface area contributed by atoms with Gasteiger partial charge < -0.3 is 10.5 Å². The van der Waals surface area contributed by atoms with Crippen LogP contribution in [0, 0.1) is 0 Å². The molecule has 1 aromatic carbocycles. The molecule has 2 N–H and O–H groups in total. The molecule has 2 aromatic rings. The van der Waals surface area contributed by atoms with Crippen LogP contribution in [0.3, 0.4) is 0 Å². The molecule has 0 saturated heterocycles. The van der Waals surface area contributed by atoms with E-state index in [0.29, 0.717) is 22.7 Å². The number of pyridine rings is 1. The minimum atomic E-state index is -0.685. The van der Waals surface area contributed by atoms with Crippen molar-refractivity contribution in [3.05, 3.63) is 47.5 Å². The minimum absolute atomic E-state index is 0.0563. The van der Waals surface area contributed by atoms with Crippen molar-refractivity contribution in [3.63, 3.8) is 0 Å². The van der Waals surface area contributed by atoms with E-state index >= 15 is 0 Å². The van der Waals surface area contributed by atoms with Crippen LogP contribution in [0.2, 0.25) is 0 Å². The monoisotopic (exact) mass is 352 g/mol. The number of nitrogens with zero attached hydrogens (tertiary/aromatic N) is 3. The third-order valence-electron chi connectivity index (χ3n) is 4.46. The first kappa shape index (κ1) is 16.1. The van der Waals surface area contributed by atoms with Gasteiger partial charge in [-0.1, -0.05) is 12.1 Å². The van der Waals surface area contributed by atoms with Crippen LogP contribution in [0.15, 0.2) is 36.4 Å². The number of benzene rings is 1. The van der Waals surface area contributed by atoms with Crippen LogP contribution in [-0.4, -0.2) is 46.8 Å². The number of rotatable bonds is 3. The number of aromatic nitrogens is 1. The van der Waals surface area contributed by atoms with E-state index < -0.39 is 6.10 Å². The van der Waals surface area contributed by atoms with Crippen molar-refractivity contribution in [2.75, 3.05) is 23.7 Å². The Labute approximate surface area is 149 Å². The maximum Gasteiger partial charge on any atom is 0.269 e. The van der Waals surface area contributed by atoms with Gasteiger partial charge in [0.15, 0.2) is 17.7 Å². The zero-order valence-electron chi connectivity index (χ0n) is 14.0. The standard InChI is InChI=1S/C18H16N4O4/c1-10-16(23)21(15-13(26-10)6-7-14(19)20-15)8-9-22-17(24)11-4-2-3-5-12(11)18(22)25/h2-7,10H,8-9H2,1H3,(H2,19,20). The maximum absolute atomic E-state index is 12.5. The molecule has 0 bridgehead atoms. The highest BCUT2D eigenvalue weighted by atomic mass is 16.5. The van der Waals surface area contributed by atoms with Gasteiger partial charge in [0.25, 0.3) is 17.7 Å². The van der Waals surface area contributed by atoms with Crippen LogP contribution in [0.25, 0.3) is 0 Å². The first-order valence-corrected chi connectivity index (χ1v) is 8.17. The third-order valence-corrected chi connectivity index (χ3v) is 4.46. The Kier molecular flexibility index (Phi) is 3.61. The summed E-state index contributed by atoms with van der Waals surface area (Å²) in [4.78, 5) is 44.2. The van der Waals surface area contributed by atoms with Crippen LogP contribution in [-0.2, 0) is 4.79 Å². The van der Waals surface area contributed by atoms with E-state index in [4.69, 9.17) is 10.5 Å². The van der Waals surface area contributed by atoms with Gasteiger partial charge in [0, 0.05) is 13.1 Å². The number of nitrogen functional groups attached to an aromatic ring is 1. The van der Waals surface area contributed by atoms with Crippen molar-refractivity contribution in [1.29, 1.82) is 0 Å². The van der Waals surface area contributed by atoms with Crippen molar-refractivity contribution in [1.82, 2.24) is 9.88 Å². The van der Waals surface area contributed by atoms with Gasteiger partial charge in [-0.3, -0.25) is 24.2 Å². The lowest BCUT2D eigenvalue weighted by molar-refractivity contribution is -0.125. The van der Waals surface area contributed by atoms with E-state index in [1.54, 1.807) is 43.3 Å². The Morgan fingerprint density at radius 1 is 1.00 bits per heavy atom. The van der Waals surface area contributed by atoms with Crippen LogP contribution >= 0.6 is 0 Å². The first-order chi connectivity index (χ1) is 12.5. The van der Waals surface area contributed by atoms with E-state index in [9.17, 15) is 14.4 Å². The van der Waals surface area contributed by atoms with Gasteiger partial charge in [-0.05, 0) is 31.2 Å². The van der Waals surface area contributed by atoms with Crippen molar-refractivity contribution >= 4 is 29.4 Å². The fraction of sp³-hybridized carbons (Fsp3) is 0.222. The lowest BCUT2D eigenvalue weighted by Gasteiger charge is -2.32. The molecule has 8 nitrogen and oxygen atoms in total. The Hall–Kier alpha value is -3.42. The fourth-order valence-corrected chi connectivity index (χ4v) is 3.16. The highest BCUT2D eigenvalue weighted by Crippen LogP contribution is 2.33. The molecule has 1 aromatic heterocycles. The average Bonchev–Trinajstić information content (AvgIpc) is 2.88. The summed E-state index contributed by atoms with van der Waals surface area (Å²) >= 11 is 0. The fourth-order valence-electron chi connectivity index (χ4n) is 3.16. The number of carbonyl (C=O) groups is 3. The second-order valence-electron chi connectivity index (χ2n) is 6.12. The zero-order chi connectivity index (χ0) is 18.4. The molecule has 1 atom stereocenters. The number of hydrogen-bond donors (Lipinski definition) is 1. The number of imide groups is 1. The molecule has 8 heteroatoms. The van der Waals surface area contributed by atoms with Gasteiger partial charge in [-0.25, -0.2) is 4.98 Å². The molecule has 4 rings (SSSR count). The van der Waals surface area contributed by atoms with E-state index in [2.05, 4.69) is 4.98 Å².